The van der Waals surface area contributed by atoms with Crippen LogP contribution >= 0.6 is 0 Å². The predicted octanol–water partition coefficient (Wildman–Crippen LogP) is 0.231. The van der Waals surface area contributed by atoms with Gasteiger partial charge >= 0.3 is 5.69 Å². The van der Waals surface area contributed by atoms with Crippen LogP contribution in [0.4, 0.5) is 0 Å². The molecule has 2 aromatic heterocycles. The fourth-order valence-corrected chi connectivity index (χ4v) is 3.28. The second kappa shape index (κ2) is 4.81. The van der Waals surface area contributed by atoms with Crippen LogP contribution in [0.15, 0.2) is 15.9 Å². The van der Waals surface area contributed by atoms with E-state index in [0.717, 1.165) is 12.8 Å². The summed E-state index contributed by atoms with van der Waals surface area (Å²) in [6.07, 6.45) is 3.22. The van der Waals surface area contributed by atoms with Crippen LogP contribution in [-0.4, -0.2) is 29.4 Å². The first kappa shape index (κ1) is 15.0. The van der Waals surface area contributed by atoms with Gasteiger partial charge in [-0.3, -0.25) is 13.9 Å². The molecule has 22 heavy (non-hydrogen) atoms. The zero-order valence-electron chi connectivity index (χ0n) is 13.4. The van der Waals surface area contributed by atoms with Crippen molar-refractivity contribution in [3.05, 3.63) is 27.2 Å². The summed E-state index contributed by atoms with van der Waals surface area (Å²) in [6, 6.07) is 0. The van der Waals surface area contributed by atoms with Crippen molar-refractivity contribution in [1.82, 2.24) is 18.7 Å². The van der Waals surface area contributed by atoms with Gasteiger partial charge < -0.3 is 9.67 Å². The third-order valence-electron chi connectivity index (χ3n) is 4.88. The molecule has 7 heteroatoms. The molecule has 0 bridgehead atoms. The summed E-state index contributed by atoms with van der Waals surface area (Å²) in [4.78, 5) is 29.1. The Kier molecular flexibility index (Phi) is 3.28. The monoisotopic (exact) mass is 306 g/mol. The van der Waals surface area contributed by atoms with Crippen molar-refractivity contribution >= 4 is 11.2 Å². The molecule has 120 valence electrons. The molecular weight excluding hydrogens is 284 g/mol. The van der Waals surface area contributed by atoms with Gasteiger partial charge in [0.1, 0.15) is 0 Å². The van der Waals surface area contributed by atoms with E-state index in [2.05, 4.69) is 4.98 Å². The highest BCUT2D eigenvalue weighted by atomic mass is 16.3. The molecule has 0 spiro atoms. The summed E-state index contributed by atoms with van der Waals surface area (Å²) in [5, 5.41) is 9.98. The van der Waals surface area contributed by atoms with Crippen LogP contribution < -0.4 is 11.2 Å². The molecule has 2 aromatic rings. The molecule has 0 amide bonds. The fourth-order valence-electron chi connectivity index (χ4n) is 3.28. The number of fused-ring (bicyclic) bond motifs is 1. The van der Waals surface area contributed by atoms with Crippen molar-refractivity contribution in [2.45, 2.75) is 38.8 Å². The normalized spacial score (nSPS) is 22.0. The first-order valence-corrected chi connectivity index (χ1v) is 7.53. The number of nitrogens with zero attached hydrogens (tertiary/aromatic N) is 4. The summed E-state index contributed by atoms with van der Waals surface area (Å²) in [5.74, 6) is 0.491. The van der Waals surface area contributed by atoms with Gasteiger partial charge in [-0.1, -0.05) is 0 Å². The van der Waals surface area contributed by atoms with Gasteiger partial charge in [0, 0.05) is 20.6 Å². The lowest BCUT2D eigenvalue weighted by Crippen LogP contribution is -2.46. The number of aliphatic hydroxyl groups is 1. The van der Waals surface area contributed by atoms with Crippen LogP contribution in [0.2, 0.25) is 0 Å². The average molecular weight is 306 g/mol. The van der Waals surface area contributed by atoms with Crippen molar-refractivity contribution in [3.63, 3.8) is 0 Å². The van der Waals surface area contributed by atoms with Gasteiger partial charge in [-0.25, -0.2) is 9.78 Å². The van der Waals surface area contributed by atoms with E-state index >= 15 is 0 Å². The van der Waals surface area contributed by atoms with Crippen LogP contribution in [0.3, 0.4) is 0 Å². The van der Waals surface area contributed by atoms with Crippen LogP contribution in [0, 0.1) is 11.8 Å². The largest absolute Gasteiger partial charge is 0.390 e. The number of hydrogen-bond acceptors (Lipinski definition) is 4. The van der Waals surface area contributed by atoms with Gasteiger partial charge in [0.2, 0.25) is 0 Å². The van der Waals surface area contributed by atoms with Gasteiger partial charge in [0.15, 0.2) is 11.2 Å². The maximum Gasteiger partial charge on any atom is 0.332 e. The lowest BCUT2D eigenvalue weighted by molar-refractivity contribution is -0.0466. The number of aryl methyl sites for hydroxylation is 2. The average Bonchev–Trinajstić information content (AvgIpc) is 2.74. The molecule has 0 saturated heterocycles. The Morgan fingerprint density at radius 2 is 1.95 bits per heavy atom. The van der Waals surface area contributed by atoms with E-state index in [9.17, 15) is 14.7 Å². The second-order valence-electron chi connectivity index (χ2n) is 6.97. The van der Waals surface area contributed by atoms with Crippen LogP contribution in [0.1, 0.15) is 26.7 Å². The number of imidazole rings is 1. The van der Waals surface area contributed by atoms with Crippen LogP contribution in [0.25, 0.3) is 11.2 Å². The third-order valence-corrected chi connectivity index (χ3v) is 4.88. The van der Waals surface area contributed by atoms with E-state index < -0.39 is 5.60 Å². The Bertz CT molecular complexity index is 831. The summed E-state index contributed by atoms with van der Waals surface area (Å²) in [6.45, 7) is 4.01. The molecule has 1 aliphatic carbocycles. The Hall–Kier alpha value is -1.89. The zero-order chi connectivity index (χ0) is 16.2. The minimum atomic E-state index is -0.696. The molecule has 1 saturated carbocycles. The molecule has 3 rings (SSSR count). The Morgan fingerprint density at radius 3 is 2.55 bits per heavy atom. The number of rotatable bonds is 3. The summed E-state index contributed by atoms with van der Waals surface area (Å²) >= 11 is 0. The second-order valence-corrected chi connectivity index (χ2v) is 6.97. The van der Waals surface area contributed by atoms with Gasteiger partial charge in [0.25, 0.3) is 5.56 Å². The van der Waals surface area contributed by atoms with Gasteiger partial charge in [-0.05, 0) is 38.5 Å². The molecule has 0 atom stereocenters. The quantitative estimate of drug-likeness (QED) is 0.880. The highest BCUT2D eigenvalue weighted by Gasteiger charge is 2.39. The van der Waals surface area contributed by atoms with Crippen molar-refractivity contribution in [2.75, 3.05) is 0 Å². The van der Waals surface area contributed by atoms with Crippen LogP contribution in [0.5, 0.6) is 0 Å². The van der Waals surface area contributed by atoms with E-state index in [1.807, 2.05) is 0 Å². The first-order chi connectivity index (χ1) is 10.2. The molecule has 7 nitrogen and oxygen atoms in total. The van der Waals surface area contributed by atoms with Crippen molar-refractivity contribution < 1.29 is 5.11 Å². The number of hydrogen-bond donors (Lipinski definition) is 1. The number of aromatic nitrogens is 4. The van der Waals surface area contributed by atoms with E-state index in [-0.39, 0.29) is 23.1 Å². The van der Waals surface area contributed by atoms with Gasteiger partial charge in [0.05, 0.1) is 11.9 Å². The van der Waals surface area contributed by atoms with Crippen molar-refractivity contribution in [2.24, 2.45) is 25.9 Å². The molecular formula is C15H22N4O3. The van der Waals surface area contributed by atoms with E-state index in [1.54, 1.807) is 38.8 Å². The van der Waals surface area contributed by atoms with E-state index in [0.29, 0.717) is 17.7 Å². The highest BCUT2D eigenvalue weighted by Crippen LogP contribution is 2.41. The molecule has 0 aliphatic heterocycles. The summed E-state index contributed by atoms with van der Waals surface area (Å²) in [7, 11) is 3.38. The Balaban J connectivity index is 1.94. The zero-order valence-corrected chi connectivity index (χ0v) is 13.4. The molecule has 0 radical (unpaired) electrons. The molecule has 0 unspecified atom stereocenters. The standard InChI is InChI=1S/C15H22N4O3/c1-15(2,22)10-5-9(6-10)7-19-13(20)11-12(16-8-17(11)3)18(4)14(19)21/h8-10,22H,5-7H2,1-4H3/t9-,10+. The lowest BCUT2D eigenvalue weighted by atomic mass is 9.67. The maximum absolute atomic E-state index is 12.6. The van der Waals surface area contributed by atoms with Gasteiger partial charge in [-0.2, -0.15) is 0 Å². The van der Waals surface area contributed by atoms with E-state index in [1.165, 1.54) is 9.13 Å². The van der Waals surface area contributed by atoms with Crippen molar-refractivity contribution in [3.8, 4) is 0 Å². The Morgan fingerprint density at radius 1 is 1.32 bits per heavy atom. The molecule has 1 fully saturated rings. The summed E-state index contributed by atoms with van der Waals surface area (Å²) in [5.41, 5.74) is -0.455. The van der Waals surface area contributed by atoms with Crippen molar-refractivity contribution in [1.29, 1.82) is 0 Å². The summed E-state index contributed by atoms with van der Waals surface area (Å²) < 4.78 is 4.37. The minimum Gasteiger partial charge on any atom is -0.390 e. The molecule has 1 N–H and O–H groups in total. The Labute approximate surface area is 127 Å². The highest BCUT2D eigenvalue weighted by molar-refractivity contribution is 5.69. The third kappa shape index (κ3) is 2.20. The van der Waals surface area contributed by atoms with Gasteiger partial charge in [-0.15, -0.1) is 0 Å². The van der Waals surface area contributed by atoms with Crippen LogP contribution in [-0.2, 0) is 20.6 Å². The smallest absolute Gasteiger partial charge is 0.332 e. The molecule has 2 heterocycles. The predicted molar refractivity (Wildman–Crippen MR) is 82.7 cm³/mol. The fraction of sp³-hybridized carbons (Fsp3) is 0.667. The van der Waals surface area contributed by atoms with E-state index in [4.69, 9.17) is 0 Å². The lowest BCUT2D eigenvalue weighted by Gasteiger charge is -2.42. The first-order valence-electron chi connectivity index (χ1n) is 7.53. The SMILES string of the molecule is Cn1cnc2c1c(=O)n(C[C@H]1C[C@@H](C(C)(C)O)C1)c(=O)n2C. The minimum absolute atomic E-state index is 0.234. The maximum atomic E-state index is 12.6. The molecule has 1 aliphatic rings. The topological polar surface area (TPSA) is 82.1 Å². The molecule has 0 aromatic carbocycles.